The van der Waals surface area contributed by atoms with Crippen LogP contribution in [0.15, 0.2) is 42.6 Å². The van der Waals surface area contributed by atoms with E-state index in [-0.39, 0.29) is 30.0 Å². The molecule has 7 rings (SSSR count). The zero-order valence-electron chi connectivity index (χ0n) is 25.6. The number of anilines is 1. The number of pyridine rings is 1. The van der Waals surface area contributed by atoms with Crippen molar-refractivity contribution < 1.29 is 37.0 Å². The van der Waals surface area contributed by atoms with Gasteiger partial charge in [-0.1, -0.05) is 26.0 Å². The molecule has 1 N–H and O–H groups in total. The van der Waals surface area contributed by atoms with E-state index < -0.39 is 29.7 Å². The van der Waals surface area contributed by atoms with Gasteiger partial charge in [0.05, 0.1) is 24.0 Å². The molecule has 1 aliphatic carbocycles. The fourth-order valence-corrected chi connectivity index (χ4v) is 6.40. The fraction of sp³-hybridized carbons (Fsp3) is 0.485. The maximum Gasteiger partial charge on any atom is 0.387 e. The number of urea groups is 1. The molecule has 3 amide bonds. The lowest BCUT2D eigenvalue weighted by molar-refractivity contribution is -0.120. The van der Waals surface area contributed by atoms with Crippen LogP contribution in [0, 0.1) is 11.7 Å². The molecular weight excluding hydrogens is 589 g/mol. The highest BCUT2D eigenvalue weighted by Crippen LogP contribution is 2.61. The van der Waals surface area contributed by atoms with Crippen molar-refractivity contribution in [1.29, 1.82) is 0 Å². The zero-order chi connectivity index (χ0) is 31.9. The first-order valence-corrected chi connectivity index (χ1v) is 15.5. The highest BCUT2D eigenvalue weighted by Gasteiger charge is 2.70. The smallest absolute Gasteiger partial charge is 0.387 e. The van der Waals surface area contributed by atoms with Crippen LogP contribution >= 0.6 is 0 Å². The van der Waals surface area contributed by atoms with Crippen molar-refractivity contribution >= 4 is 28.5 Å². The van der Waals surface area contributed by atoms with Crippen molar-refractivity contribution in [2.45, 2.75) is 70.8 Å². The molecule has 2 aromatic carbocycles. The van der Waals surface area contributed by atoms with Crippen molar-refractivity contribution in [2.24, 2.45) is 5.92 Å². The predicted octanol–water partition coefficient (Wildman–Crippen LogP) is 6.13. The molecule has 4 heterocycles. The number of nitrogens with zero attached hydrogens (tertiary/aromatic N) is 3. The van der Waals surface area contributed by atoms with E-state index in [1.807, 2.05) is 20.8 Å². The van der Waals surface area contributed by atoms with E-state index >= 15 is 4.39 Å². The number of imide groups is 1. The average Bonchev–Trinajstić information content (AvgIpc) is 3.94. The maximum atomic E-state index is 16.2. The number of benzene rings is 2. The molecule has 4 aliphatic rings. The molecule has 12 heteroatoms. The molecule has 0 bridgehead atoms. The average molecular weight is 627 g/mol. The summed E-state index contributed by atoms with van der Waals surface area (Å²) < 4.78 is 58.9. The number of carbonyl (C=O) groups excluding carboxylic acids is 2. The molecule has 4 fully saturated rings. The molecule has 240 valence electrons. The summed E-state index contributed by atoms with van der Waals surface area (Å²) in [7, 11) is 0. The van der Waals surface area contributed by atoms with Crippen LogP contribution in [-0.4, -0.2) is 60.3 Å². The number of hydrogen-bond donors (Lipinski definition) is 1. The lowest BCUT2D eigenvalue weighted by Gasteiger charge is -2.33. The van der Waals surface area contributed by atoms with Crippen molar-refractivity contribution in [2.75, 3.05) is 31.1 Å². The molecule has 45 heavy (non-hydrogen) atoms. The number of halogens is 3. The SMILES string of the molecule is CC.CC12CN(Cc3ccc(OC(F)F)c(OCC4CC4)c3)CCC1(c1ccc3ncc(N4CCC(=O)NC4=O)cc3c1F)O2. The number of fused-ring (bicyclic) bond motifs is 2. The third-order valence-corrected chi connectivity index (χ3v) is 8.90. The Morgan fingerprint density at radius 2 is 1.91 bits per heavy atom. The monoisotopic (exact) mass is 626 g/mol. The molecule has 2 unspecified atom stereocenters. The number of likely N-dealkylation sites (tertiary alicyclic amines) is 1. The number of aromatic nitrogens is 1. The summed E-state index contributed by atoms with van der Waals surface area (Å²) in [5, 5.41) is 2.55. The summed E-state index contributed by atoms with van der Waals surface area (Å²) in [5.74, 6) is 0.00000447. The number of rotatable bonds is 9. The summed E-state index contributed by atoms with van der Waals surface area (Å²) in [4.78, 5) is 31.9. The van der Waals surface area contributed by atoms with Crippen molar-refractivity contribution in [1.82, 2.24) is 15.2 Å². The van der Waals surface area contributed by atoms with Gasteiger partial charge in [-0.25, -0.2) is 9.18 Å². The Morgan fingerprint density at radius 3 is 2.62 bits per heavy atom. The van der Waals surface area contributed by atoms with Gasteiger partial charge >= 0.3 is 12.6 Å². The van der Waals surface area contributed by atoms with Gasteiger partial charge in [0, 0.05) is 43.5 Å². The van der Waals surface area contributed by atoms with Gasteiger partial charge in [-0.15, -0.1) is 0 Å². The van der Waals surface area contributed by atoms with Crippen LogP contribution < -0.4 is 19.7 Å². The van der Waals surface area contributed by atoms with E-state index in [4.69, 9.17) is 9.47 Å². The number of alkyl halides is 2. The second-order valence-corrected chi connectivity index (χ2v) is 12.0. The number of amides is 3. The number of hydrogen-bond acceptors (Lipinski definition) is 7. The van der Waals surface area contributed by atoms with Gasteiger partial charge in [0.15, 0.2) is 11.5 Å². The fourth-order valence-electron chi connectivity index (χ4n) is 6.40. The summed E-state index contributed by atoms with van der Waals surface area (Å²) in [5.41, 5.74) is 0.758. The molecule has 0 radical (unpaired) electrons. The van der Waals surface area contributed by atoms with E-state index in [0.717, 1.165) is 18.4 Å². The number of piperidine rings is 1. The maximum absolute atomic E-state index is 16.2. The van der Waals surface area contributed by atoms with Crippen LogP contribution in [0.1, 0.15) is 57.6 Å². The first-order valence-electron chi connectivity index (χ1n) is 15.5. The number of carbonyl (C=O) groups is 2. The second-order valence-electron chi connectivity index (χ2n) is 12.0. The Morgan fingerprint density at radius 1 is 1.11 bits per heavy atom. The molecule has 1 aromatic heterocycles. The Hall–Kier alpha value is -3.90. The minimum atomic E-state index is -2.94. The van der Waals surface area contributed by atoms with Gasteiger partial charge in [-0.3, -0.25) is 24.9 Å². The Bertz CT molecular complexity index is 1620. The molecular formula is C33H37F3N4O5. The molecule has 9 nitrogen and oxygen atoms in total. The van der Waals surface area contributed by atoms with E-state index in [0.29, 0.717) is 61.1 Å². The van der Waals surface area contributed by atoms with E-state index in [2.05, 4.69) is 19.9 Å². The number of epoxide rings is 1. The van der Waals surface area contributed by atoms with Gasteiger partial charge in [0.25, 0.3) is 0 Å². The Balaban J connectivity index is 0.00000175. The second kappa shape index (κ2) is 12.1. The Labute approximate surface area is 259 Å². The quantitative estimate of drug-likeness (QED) is 0.286. The van der Waals surface area contributed by atoms with Crippen LogP contribution in [0.25, 0.3) is 10.9 Å². The molecule has 3 aromatic rings. The van der Waals surface area contributed by atoms with Gasteiger partial charge in [0.2, 0.25) is 5.91 Å². The Kier molecular flexibility index (Phi) is 8.38. The minimum Gasteiger partial charge on any atom is -0.489 e. The third-order valence-electron chi connectivity index (χ3n) is 8.90. The topological polar surface area (TPSA) is 96.5 Å². The normalized spacial score (nSPS) is 24.6. The molecule has 3 saturated heterocycles. The standard InChI is InChI=1S/C31H31F3N4O5.C2H6/c1-30-17-37(15-19-4-7-24(42-28(33)34)25(12-19)41-16-18-2-3-18)11-9-31(30,43-30)22-5-6-23-21(27(22)32)13-20(14-35-23)38-10-8-26(39)36-29(38)40;1-2/h4-7,12-14,18,28H,2-3,8-11,15-17H2,1H3,(H,36,39,40);1-2H3. The minimum absolute atomic E-state index is 0.0216. The lowest BCUT2D eigenvalue weighted by Crippen LogP contribution is -2.49. The van der Waals surface area contributed by atoms with Crippen LogP contribution in [0.2, 0.25) is 0 Å². The van der Waals surface area contributed by atoms with Gasteiger partial charge < -0.3 is 14.2 Å². The third kappa shape index (κ3) is 6.05. The van der Waals surface area contributed by atoms with Crippen LogP contribution in [0.4, 0.5) is 23.7 Å². The van der Waals surface area contributed by atoms with Crippen LogP contribution in [0.3, 0.4) is 0 Å². The van der Waals surface area contributed by atoms with E-state index in [9.17, 15) is 18.4 Å². The van der Waals surface area contributed by atoms with E-state index in [1.54, 1.807) is 30.3 Å². The lowest BCUT2D eigenvalue weighted by atomic mass is 9.80. The van der Waals surface area contributed by atoms with Gasteiger partial charge in [-0.05, 0) is 61.9 Å². The molecule has 1 saturated carbocycles. The highest BCUT2D eigenvalue weighted by atomic mass is 19.3. The van der Waals surface area contributed by atoms with Crippen molar-refractivity contribution in [3.63, 3.8) is 0 Å². The molecule has 3 aliphatic heterocycles. The highest BCUT2D eigenvalue weighted by molar-refractivity contribution is 6.06. The summed E-state index contributed by atoms with van der Waals surface area (Å²) in [6.07, 6.45) is 4.35. The number of ether oxygens (including phenoxy) is 3. The molecule has 2 atom stereocenters. The summed E-state index contributed by atoms with van der Waals surface area (Å²) in [6, 6.07) is 9.54. The summed E-state index contributed by atoms with van der Waals surface area (Å²) in [6.45, 7) is 5.40. The largest absolute Gasteiger partial charge is 0.489 e. The van der Waals surface area contributed by atoms with Crippen LogP contribution in [-0.2, 0) is 21.7 Å². The van der Waals surface area contributed by atoms with Crippen molar-refractivity contribution in [3.05, 3.63) is 59.5 Å². The van der Waals surface area contributed by atoms with Gasteiger partial charge in [-0.2, -0.15) is 8.78 Å². The zero-order valence-corrected chi connectivity index (χ0v) is 25.6. The first kappa shape index (κ1) is 31.1. The van der Waals surface area contributed by atoms with Crippen LogP contribution in [0.5, 0.6) is 11.5 Å². The first-order chi connectivity index (χ1) is 21.6. The van der Waals surface area contributed by atoms with Crippen molar-refractivity contribution in [3.8, 4) is 11.5 Å². The number of nitrogens with one attached hydrogen (secondary N) is 1. The summed E-state index contributed by atoms with van der Waals surface area (Å²) >= 11 is 0. The van der Waals surface area contributed by atoms with Gasteiger partial charge in [0.1, 0.15) is 17.0 Å². The van der Waals surface area contributed by atoms with E-state index in [1.165, 1.54) is 17.2 Å². The molecule has 0 spiro atoms. The predicted molar refractivity (Wildman–Crippen MR) is 161 cm³/mol.